The molecule has 0 radical (unpaired) electrons. The lowest BCUT2D eigenvalue weighted by Crippen LogP contribution is -2.40. The third kappa shape index (κ3) is 5.20. The Morgan fingerprint density at radius 3 is 2.56 bits per heavy atom. The van der Waals surface area contributed by atoms with Crippen LogP contribution < -0.4 is 10.6 Å². The van der Waals surface area contributed by atoms with Gasteiger partial charge in [0.1, 0.15) is 4.21 Å². The topological polar surface area (TPSA) is 87.7 Å². The first-order chi connectivity index (χ1) is 13.0. The largest absolute Gasteiger partial charge is 0.379 e. The van der Waals surface area contributed by atoms with E-state index in [-0.39, 0.29) is 16.8 Å². The molecule has 0 aliphatic carbocycles. The minimum Gasteiger partial charge on any atom is -0.379 e. The molecule has 2 heterocycles. The second kappa shape index (κ2) is 9.03. The van der Waals surface area contributed by atoms with Gasteiger partial charge in [-0.05, 0) is 23.8 Å². The number of nitrogens with one attached hydrogen (secondary N) is 2. The lowest BCUT2D eigenvalue weighted by molar-refractivity contribution is 0.0731. The molecule has 1 aliphatic heterocycles. The van der Waals surface area contributed by atoms with Crippen molar-refractivity contribution in [2.75, 3.05) is 26.3 Å². The molecule has 0 atom stereocenters. The van der Waals surface area contributed by atoms with Gasteiger partial charge in [-0.25, -0.2) is 13.2 Å². The van der Waals surface area contributed by atoms with E-state index in [1.54, 1.807) is 18.2 Å². The number of rotatable bonds is 6. The summed E-state index contributed by atoms with van der Waals surface area (Å²) in [6.45, 7) is 2.09. The molecule has 3 rings (SSSR count). The van der Waals surface area contributed by atoms with E-state index in [0.29, 0.717) is 37.9 Å². The van der Waals surface area contributed by atoms with Gasteiger partial charge in [0.15, 0.2) is 0 Å². The first kappa shape index (κ1) is 20.1. The van der Waals surface area contributed by atoms with Gasteiger partial charge in [-0.3, -0.25) is 0 Å². The highest BCUT2D eigenvalue weighted by Crippen LogP contribution is 2.25. The molecule has 7 nitrogen and oxygen atoms in total. The van der Waals surface area contributed by atoms with Gasteiger partial charge in [0.25, 0.3) is 10.0 Å². The Labute approximate surface area is 167 Å². The van der Waals surface area contributed by atoms with Gasteiger partial charge < -0.3 is 15.4 Å². The maximum atomic E-state index is 12.6. The zero-order valence-electron chi connectivity index (χ0n) is 14.5. The molecule has 0 spiro atoms. The number of sulfonamides is 1. The molecule has 2 aromatic rings. The summed E-state index contributed by atoms with van der Waals surface area (Å²) in [6.07, 6.45) is 0. The Morgan fingerprint density at radius 2 is 1.81 bits per heavy atom. The van der Waals surface area contributed by atoms with Gasteiger partial charge in [0.2, 0.25) is 0 Å². The zero-order chi connectivity index (χ0) is 19.3. The van der Waals surface area contributed by atoms with Crippen LogP contribution in [0.1, 0.15) is 10.4 Å². The molecule has 1 aromatic carbocycles. The van der Waals surface area contributed by atoms with E-state index in [9.17, 15) is 13.2 Å². The van der Waals surface area contributed by atoms with Gasteiger partial charge >= 0.3 is 6.03 Å². The maximum absolute atomic E-state index is 12.6. The highest BCUT2D eigenvalue weighted by molar-refractivity contribution is 7.91. The number of carbonyl (C=O) groups is 1. The Bertz CT molecular complexity index is 895. The summed E-state index contributed by atoms with van der Waals surface area (Å²) in [5.74, 6) is 0. The van der Waals surface area contributed by atoms with Crippen LogP contribution in [0, 0.1) is 0 Å². The molecule has 0 unspecified atom stereocenters. The molecule has 2 amide bonds. The summed E-state index contributed by atoms with van der Waals surface area (Å²) in [5, 5.41) is 6.04. The molecule has 10 heteroatoms. The summed E-state index contributed by atoms with van der Waals surface area (Å²) in [7, 11) is -3.50. The Morgan fingerprint density at radius 1 is 1.11 bits per heavy atom. The van der Waals surface area contributed by atoms with E-state index in [2.05, 4.69) is 10.6 Å². The van der Waals surface area contributed by atoms with Crippen molar-refractivity contribution < 1.29 is 17.9 Å². The lowest BCUT2D eigenvalue weighted by Gasteiger charge is -2.25. The fourth-order valence-corrected chi connectivity index (χ4v) is 5.61. The fraction of sp³-hybridized carbons (Fsp3) is 0.353. The van der Waals surface area contributed by atoms with E-state index < -0.39 is 10.0 Å². The van der Waals surface area contributed by atoms with E-state index in [1.165, 1.54) is 4.31 Å². The van der Waals surface area contributed by atoms with Gasteiger partial charge in [0, 0.05) is 29.5 Å². The van der Waals surface area contributed by atoms with Gasteiger partial charge in [0.05, 0.1) is 19.8 Å². The van der Waals surface area contributed by atoms with Gasteiger partial charge in [-0.1, -0.05) is 29.8 Å². The standard InChI is InChI=1S/C17H20ClN3O4S2/c18-15-4-2-1-3-13(15)11-19-17(22)20-12-14-5-6-16(26-14)27(23,24)21-7-9-25-10-8-21/h1-6H,7-12H2,(H2,19,20,22). The fourth-order valence-electron chi connectivity index (χ4n) is 2.55. The molecule has 1 saturated heterocycles. The lowest BCUT2D eigenvalue weighted by atomic mass is 10.2. The number of benzene rings is 1. The number of ether oxygens (including phenoxy) is 1. The summed E-state index contributed by atoms with van der Waals surface area (Å²) in [4.78, 5) is 12.7. The van der Waals surface area contributed by atoms with Crippen LogP contribution in [0.5, 0.6) is 0 Å². The molecule has 27 heavy (non-hydrogen) atoms. The molecule has 146 valence electrons. The van der Waals surface area contributed by atoms with Crippen molar-refractivity contribution in [2.24, 2.45) is 0 Å². The van der Waals surface area contributed by atoms with Crippen molar-refractivity contribution in [2.45, 2.75) is 17.3 Å². The minimum atomic E-state index is -3.50. The minimum absolute atomic E-state index is 0.248. The van der Waals surface area contributed by atoms with Crippen LogP contribution in [0.15, 0.2) is 40.6 Å². The van der Waals surface area contributed by atoms with Crippen LogP contribution >= 0.6 is 22.9 Å². The third-order valence-electron chi connectivity index (χ3n) is 4.02. The van der Waals surface area contributed by atoms with Crippen LogP contribution in [-0.4, -0.2) is 45.1 Å². The summed E-state index contributed by atoms with van der Waals surface area (Å²) < 4.78 is 32.1. The normalized spacial score (nSPS) is 15.4. The van der Waals surface area contributed by atoms with E-state index in [0.717, 1.165) is 21.8 Å². The average Bonchev–Trinajstić information content (AvgIpc) is 3.16. The van der Waals surface area contributed by atoms with Crippen molar-refractivity contribution in [3.05, 3.63) is 51.9 Å². The number of halogens is 1. The van der Waals surface area contributed by atoms with Crippen LogP contribution in [-0.2, 0) is 27.8 Å². The van der Waals surface area contributed by atoms with Crippen LogP contribution in [0.25, 0.3) is 0 Å². The average molecular weight is 430 g/mol. The highest BCUT2D eigenvalue weighted by Gasteiger charge is 2.27. The SMILES string of the molecule is O=C(NCc1ccc(S(=O)(=O)N2CCOCC2)s1)NCc1ccccc1Cl. The maximum Gasteiger partial charge on any atom is 0.315 e. The van der Waals surface area contributed by atoms with Crippen molar-refractivity contribution in [3.8, 4) is 0 Å². The summed E-state index contributed by atoms with van der Waals surface area (Å²) in [5.41, 5.74) is 0.823. The van der Waals surface area contributed by atoms with Crippen molar-refractivity contribution in [1.29, 1.82) is 0 Å². The number of morpholine rings is 1. The molecular weight excluding hydrogens is 410 g/mol. The first-order valence-electron chi connectivity index (χ1n) is 8.38. The number of urea groups is 1. The Hall–Kier alpha value is -1.65. The molecule has 1 aromatic heterocycles. The van der Waals surface area contributed by atoms with E-state index >= 15 is 0 Å². The number of hydrogen-bond donors (Lipinski definition) is 2. The van der Waals surface area contributed by atoms with E-state index in [1.807, 2.05) is 18.2 Å². The highest BCUT2D eigenvalue weighted by atomic mass is 35.5. The number of nitrogens with zero attached hydrogens (tertiary/aromatic N) is 1. The second-order valence-electron chi connectivity index (χ2n) is 5.86. The van der Waals surface area contributed by atoms with E-state index in [4.69, 9.17) is 16.3 Å². The summed E-state index contributed by atoms with van der Waals surface area (Å²) >= 11 is 7.21. The summed E-state index contributed by atoms with van der Waals surface area (Å²) in [6, 6.07) is 10.2. The van der Waals surface area contributed by atoms with Crippen molar-refractivity contribution in [1.82, 2.24) is 14.9 Å². The van der Waals surface area contributed by atoms with Crippen LogP contribution in [0.4, 0.5) is 4.79 Å². The van der Waals surface area contributed by atoms with Crippen molar-refractivity contribution in [3.63, 3.8) is 0 Å². The predicted molar refractivity (Wildman–Crippen MR) is 104 cm³/mol. The smallest absolute Gasteiger partial charge is 0.315 e. The zero-order valence-corrected chi connectivity index (χ0v) is 16.9. The predicted octanol–water partition coefficient (Wildman–Crippen LogP) is 2.42. The molecular formula is C17H20ClN3O4S2. The Balaban J connectivity index is 1.52. The Kier molecular flexibility index (Phi) is 6.72. The van der Waals surface area contributed by atoms with Crippen molar-refractivity contribution >= 4 is 39.0 Å². The number of thiophene rings is 1. The second-order valence-corrected chi connectivity index (χ2v) is 9.61. The quantitative estimate of drug-likeness (QED) is 0.738. The van der Waals surface area contributed by atoms with Crippen LogP contribution in [0.3, 0.4) is 0 Å². The number of carbonyl (C=O) groups excluding carboxylic acids is 1. The first-order valence-corrected chi connectivity index (χ1v) is 11.0. The molecule has 0 saturated carbocycles. The molecule has 1 fully saturated rings. The monoisotopic (exact) mass is 429 g/mol. The van der Waals surface area contributed by atoms with Crippen LogP contribution in [0.2, 0.25) is 5.02 Å². The van der Waals surface area contributed by atoms with Gasteiger partial charge in [-0.15, -0.1) is 11.3 Å². The third-order valence-corrected chi connectivity index (χ3v) is 7.84. The number of amides is 2. The molecule has 1 aliphatic rings. The molecule has 0 bridgehead atoms. The molecule has 2 N–H and O–H groups in total. The van der Waals surface area contributed by atoms with Gasteiger partial charge in [-0.2, -0.15) is 4.31 Å². The number of hydrogen-bond acceptors (Lipinski definition) is 5.